The van der Waals surface area contributed by atoms with Crippen LogP contribution < -0.4 is 0 Å². The molecule has 1 heterocycles. The summed E-state index contributed by atoms with van der Waals surface area (Å²) in [5, 5.41) is 18.3. The maximum absolute atomic E-state index is 11.7. The Bertz CT molecular complexity index is 1080. The Morgan fingerprint density at radius 3 is 2.48 bits per heavy atom. The number of ketones is 1. The Morgan fingerprint density at radius 1 is 1.33 bits per heavy atom. The van der Waals surface area contributed by atoms with Gasteiger partial charge in [-0.3, -0.25) is 9.35 Å². The lowest BCUT2D eigenvalue weighted by molar-refractivity contribution is 0.102. The van der Waals surface area contributed by atoms with E-state index in [1.54, 1.807) is 19.9 Å². The van der Waals surface area contributed by atoms with Gasteiger partial charge in [-0.25, -0.2) is 4.98 Å². The molecule has 0 saturated heterocycles. The summed E-state index contributed by atoms with van der Waals surface area (Å²) in [6.45, 7) is 8.28. The first-order chi connectivity index (χ1) is 12.6. The lowest BCUT2D eigenvalue weighted by Gasteiger charge is -2.11. The summed E-state index contributed by atoms with van der Waals surface area (Å²) in [4.78, 5) is 15.6. The van der Waals surface area contributed by atoms with E-state index < -0.39 is 15.0 Å². The number of benzene rings is 1. The summed E-state index contributed by atoms with van der Waals surface area (Å²) >= 11 is 1.02. The minimum atomic E-state index is -4.59. The summed E-state index contributed by atoms with van der Waals surface area (Å²) in [5.74, 6) is -0.512. The Balaban J connectivity index is 2.65. The zero-order valence-corrected chi connectivity index (χ0v) is 16.4. The normalized spacial score (nSPS) is 12.1. The molecule has 0 fully saturated rings. The third-order valence-electron chi connectivity index (χ3n) is 3.48. The number of allylic oxidation sites excluding steroid dienone is 1. The van der Waals surface area contributed by atoms with Gasteiger partial charge in [0.2, 0.25) is 5.13 Å². The number of aromatic nitrogens is 1. The number of hydrogen-bond donors (Lipinski definition) is 2. The van der Waals surface area contributed by atoms with Crippen molar-refractivity contribution in [3.05, 3.63) is 40.4 Å². The molecular formula is C17H17N3O5S2. The molecule has 0 amide bonds. The number of rotatable bonds is 6. The fourth-order valence-electron chi connectivity index (χ4n) is 2.35. The Morgan fingerprint density at radius 2 is 2.00 bits per heavy atom. The zero-order valence-electron chi connectivity index (χ0n) is 14.8. The summed E-state index contributed by atoms with van der Waals surface area (Å²) in [6, 6.07) is 1.00. The average Bonchev–Trinajstić information content (AvgIpc) is 2.94. The van der Waals surface area contributed by atoms with Crippen LogP contribution in [0.2, 0.25) is 0 Å². The molecule has 1 aromatic heterocycles. The largest absolute Gasteiger partial charge is 0.505 e. The molecule has 2 aromatic rings. The number of aryl methyl sites for hydroxylation is 1. The summed E-state index contributed by atoms with van der Waals surface area (Å²) in [6.07, 6.45) is 4.23. The van der Waals surface area contributed by atoms with Crippen LogP contribution in [0.1, 0.15) is 40.3 Å². The van der Waals surface area contributed by atoms with Crippen LogP contribution in [0.25, 0.3) is 12.2 Å². The van der Waals surface area contributed by atoms with Gasteiger partial charge in [-0.05, 0) is 19.9 Å². The van der Waals surface area contributed by atoms with E-state index in [-0.39, 0.29) is 33.5 Å². The molecule has 1 aromatic carbocycles. The third kappa shape index (κ3) is 4.35. The summed E-state index contributed by atoms with van der Waals surface area (Å²) < 4.78 is 33.0. The molecule has 0 radical (unpaired) electrons. The average molecular weight is 407 g/mol. The van der Waals surface area contributed by atoms with E-state index in [1.165, 1.54) is 19.1 Å². The second-order valence-electron chi connectivity index (χ2n) is 5.42. The van der Waals surface area contributed by atoms with E-state index in [9.17, 15) is 22.9 Å². The van der Waals surface area contributed by atoms with Crippen molar-refractivity contribution >= 4 is 50.2 Å². The van der Waals surface area contributed by atoms with Crippen molar-refractivity contribution in [1.29, 1.82) is 0 Å². The molecule has 0 saturated carbocycles. The number of nitrogens with zero attached hydrogens (tertiary/aromatic N) is 3. The fourth-order valence-corrected chi connectivity index (χ4v) is 3.85. The molecule has 0 bridgehead atoms. The highest BCUT2D eigenvalue weighted by molar-refractivity contribution is 7.86. The third-order valence-corrected chi connectivity index (χ3v) is 5.52. The quantitative estimate of drug-likeness (QED) is 0.406. The maximum atomic E-state index is 11.7. The monoisotopic (exact) mass is 407 g/mol. The van der Waals surface area contributed by atoms with Crippen LogP contribution in [-0.2, 0) is 10.1 Å². The van der Waals surface area contributed by atoms with Crippen molar-refractivity contribution in [1.82, 2.24) is 4.98 Å². The van der Waals surface area contributed by atoms with Crippen LogP contribution in [-0.4, -0.2) is 28.8 Å². The van der Waals surface area contributed by atoms with Crippen molar-refractivity contribution in [3.63, 3.8) is 0 Å². The molecule has 2 rings (SSSR count). The van der Waals surface area contributed by atoms with Crippen LogP contribution in [0, 0.1) is 6.92 Å². The number of hydrogen-bond acceptors (Lipinski definition) is 8. The van der Waals surface area contributed by atoms with E-state index in [4.69, 9.17) is 0 Å². The van der Waals surface area contributed by atoms with E-state index >= 15 is 0 Å². The van der Waals surface area contributed by atoms with Crippen molar-refractivity contribution in [3.8, 4) is 5.75 Å². The van der Waals surface area contributed by atoms with Crippen LogP contribution in [0.5, 0.6) is 5.75 Å². The molecular weight excluding hydrogens is 390 g/mol. The maximum Gasteiger partial charge on any atom is 0.295 e. The molecule has 8 nitrogen and oxygen atoms in total. The number of phenols is 1. The molecule has 27 heavy (non-hydrogen) atoms. The molecule has 0 aliphatic heterocycles. The molecule has 0 aliphatic carbocycles. The predicted molar refractivity (Wildman–Crippen MR) is 104 cm³/mol. The topological polar surface area (TPSA) is 129 Å². The second kappa shape index (κ2) is 7.91. The molecule has 10 heteroatoms. The number of carbonyl (C=O) groups excluding carboxylic acids is 1. The van der Waals surface area contributed by atoms with Gasteiger partial charge in [0.15, 0.2) is 11.5 Å². The highest BCUT2D eigenvalue weighted by Crippen LogP contribution is 2.39. The smallest absolute Gasteiger partial charge is 0.295 e. The van der Waals surface area contributed by atoms with E-state index in [2.05, 4.69) is 21.8 Å². The van der Waals surface area contributed by atoms with Gasteiger partial charge >= 0.3 is 0 Å². The lowest BCUT2D eigenvalue weighted by atomic mass is 10.0. The van der Waals surface area contributed by atoms with Crippen molar-refractivity contribution in [2.75, 3.05) is 0 Å². The van der Waals surface area contributed by atoms with Crippen molar-refractivity contribution in [2.45, 2.75) is 25.7 Å². The molecule has 2 N–H and O–H groups in total. The second-order valence-corrected chi connectivity index (χ2v) is 7.78. The number of phenolic OH excluding ortho intramolecular Hbond substituents is 1. The number of Topliss-reactive ketones (excluding diaryl/α,β-unsaturated/α-hetero) is 1. The van der Waals surface area contributed by atoms with Crippen LogP contribution in [0.15, 0.2) is 33.8 Å². The van der Waals surface area contributed by atoms with Gasteiger partial charge in [0.1, 0.15) is 10.6 Å². The number of azo groups is 1. The van der Waals surface area contributed by atoms with Gasteiger partial charge in [-0.15, -0.1) is 10.2 Å². The van der Waals surface area contributed by atoms with Gasteiger partial charge in [-0.1, -0.05) is 36.1 Å². The fraction of sp³-hybridized carbons (Fsp3) is 0.176. The number of carbonyl (C=O) groups is 1. The van der Waals surface area contributed by atoms with Gasteiger partial charge in [0.25, 0.3) is 10.1 Å². The molecule has 0 atom stereocenters. The Labute approximate surface area is 160 Å². The van der Waals surface area contributed by atoms with E-state index in [1.807, 2.05) is 0 Å². The van der Waals surface area contributed by atoms with Gasteiger partial charge in [-0.2, -0.15) is 8.42 Å². The van der Waals surface area contributed by atoms with Gasteiger partial charge < -0.3 is 5.11 Å². The van der Waals surface area contributed by atoms with Gasteiger partial charge in [0.05, 0.1) is 10.6 Å². The van der Waals surface area contributed by atoms with Crippen LogP contribution >= 0.6 is 11.3 Å². The summed E-state index contributed by atoms with van der Waals surface area (Å²) in [7, 11) is -4.59. The lowest BCUT2D eigenvalue weighted by Crippen LogP contribution is -2.02. The first kappa shape index (κ1) is 20.6. The highest BCUT2D eigenvalue weighted by Gasteiger charge is 2.22. The molecule has 0 aliphatic rings. The van der Waals surface area contributed by atoms with Crippen molar-refractivity contribution < 1.29 is 22.9 Å². The van der Waals surface area contributed by atoms with Crippen molar-refractivity contribution in [2.24, 2.45) is 10.2 Å². The summed E-state index contributed by atoms with van der Waals surface area (Å²) in [5.41, 5.74) is 0.467. The molecule has 142 valence electrons. The number of aromatic hydroxyl groups is 1. The molecule has 0 spiro atoms. The van der Waals surface area contributed by atoms with Crippen LogP contribution in [0.4, 0.5) is 10.8 Å². The molecule has 0 unspecified atom stereocenters. The standard InChI is InChI=1S/C17H17N3O5S2/c1-5-7-12-11(6-2)15(22)13(8-14(12)27(23,24)25)19-20-17-18-9(3)16(26-17)10(4)21/h5-8,22H,2H2,1,3-4H3,(H,23,24,25). The minimum absolute atomic E-state index is 0.0791. The first-order valence-corrected chi connectivity index (χ1v) is 9.88. The Hall–Kier alpha value is -2.69. The zero-order chi connectivity index (χ0) is 20.4. The minimum Gasteiger partial charge on any atom is -0.505 e. The highest BCUT2D eigenvalue weighted by atomic mass is 32.2. The SMILES string of the molecule is C=Cc1c(O)c(N=Nc2nc(C)c(C(C)=O)s2)cc(S(=O)(=O)O)c1C=CC. The van der Waals surface area contributed by atoms with Gasteiger partial charge in [0, 0.05) is 18.1 Å². The Kier molecular flexibility index (Phi) is 6.04. The number of thiazole rings is 1. The first-order valence-electron chi connectivity index (χ1n) is 7.62. The van der Waals surface area contributed by atoms with E-state index in [0.29, 0.717) is 10.6 Å². The predicted octanol–water partition coefficient (Wildman–Crippen LogP) is 4.70. The van der Waals surface area contributed by atoms with Crippen LogP contribution in [0.3, 0.4) is 0 Å². The van der Waals surface area contributed by atoms with E-state index in [0.717, 1.165) is 17.4 Å².